The third-order valence-electron chi connectivity index (χ3n) is 1.96. The van der Waals surface area contributed by atoms with Gasteiger partial charge in [0.25, 0.3) is 5.91 Å². The number of carbonyl (C=O) groups excluding carboxylic acids is 1. The normalized spacial score (nSPS) is 10.1. The van der Waals surface area contributed by atoms with Gasteiger partial charge < -0.3 is 9.84 Å². The molecule has 0 fully saturated rings. The van der Waals surface area contributed by atoms with Crippen LogP contribution in [0.5, 0.6) is 0 Å². The minimum atomic E-state index is -0.344. The molecule has 0 aliphatic rings. The van der Waals surface area contributed by atoms with E-state index in [2.05, 4.69) is 31.4 Å². The molecule has 5 nitrogen and oxygen atoms in total. The minimum absolute atomic E-state index is 0.204. The van der Waals surface area contributed by atoms with Crippen molar-refractivity contribution in [1.29, 1.82) is 0 Å². The Balaban J connectivity index is 2.21. The van der Waals surface area contributed by atoms with Crippen molar-refractivity contribution >= 4 is 27.5 Å². The summed E-state index contributed by atoms with van der Waals surface area (Å²) in [7, 11) is 0. The van der Waals surface area contributed by atoms with E-state index >= 15 is 0 Å². The summed E-state index contributed by atoms with van der Waals surface area (Å²) < 4.78 is 5.41. The fraction of sp³-hybridized carbons (Fsp3) is 0.100. The maximum Gasteiger partial charge on any atom is 0.294 e. The zero-order chi connectivity index (χ0) is 11.5. The molecule has 0 aliphatic heterocycles. The van der Waals surface area contributed by atoms with Gasteiger partial charge >= 0.3 is 0 Å². The van der Waals surface area contributed by atoms with E-state index in [0.717, 1.165) is 0 Å². The summed E-state index contributed by atoms with van der Waals surface area (Å²) in [4.78, 5) is 15.7. The van der Waals surface area contributed by atoms with Gasteiger partial charge in [0.2, 0.25) is 5.76 Å². The Kier molecular flexibility index (Phi) is 3.00. The van der Waals surface area contributed by atoms with Crippen LogP contribution in [-0.4, -0.2) is 16.0 Å². The summed E-state index contributed by atoms with van der Waals surface area (Å²) >= 11 is 3.23. The minimum Gasteiger partial charge on any atom is -0.351 e. The van der Waals surface area contributed by atoms with Gasteiger partial charge in [0.15, 0.2) is 0 Å². The Morgan fingerprint density at radius 2 is 2.38 bits per heavy atom. The number of pyridine rings is 1. The van der Waals surface area contributed by atoms with E-state index in [4.69, 9.17) is 4.52 Å². The van der Waals surface area contributed by atoms with Crippen LogP contribution < -0.4 is 5.32 Å². The predicted octanol–water partition coefficient (Wildman–Crippen LogP) is 2.39. The second kappa shape index (κ2) is 4.44. The van der Waals surface area contributed by atoms with Gasteiger partial charge in [-0.1, -0.05) is 5.16 Å². The van der Waals surface area contributed by atoms with Gasteiger partial charge in [0.1, 0.15) is 4.60 Å². The molecular formula is C10H8BrN3O2. The highest BCUT2D eigenvalue weighted by Gasteiger charge is 2.15. The van der Waals surface area contributed by atoms with Crippen molar-refractivity contribution in [3.63, 3.8) is 0 Å². The lowest BCUT2D eigenvalue weighted by atomic mass is 10.3. The number of carbonyl (C=O) groups is 1. The number of aromatic nitrogens is 2. The molecule has 0 atom stereocenters. The van der Waals surface area contributed by atoms with E-state index in [1.54, 1.807) is 25.3 Å². The highest BCUT2D eigenvalue weighted by Crippen LogP contribution is 2.19. The van der Waals surface area contributed by atoms with Crippen molar-refractivity contribution in [2.75, 3.05) is 5.32 Å². The molecule has 0 aromatic carbocycles. The fourth-order valence-corrected chi connectivity index (χ4v) is 1.52. The Bertz CT molecular complexity index is 524. The smallest absolute Gasteiger partial charge is 0.294 e. The van der Waals surface area contributed by atoms with Crippen molar-refractivity contribution in [3.8, 4) is 0 Å². The zero-order valence-corrected chi connectivity index (χ0v) is 9.98. The van der Waals surface area contributed by atoms with Gasteiger partial charge in [0, 0.05) is 11.8 Å². The molecule has 2 rings (SSSR count). The molecule has 2 heterocycles. The van der Waals surface area contributed by atoms with Gasteiger partial charge in [-0.3, -0.25) is 4.79 Å². The Morgan fingerprint density at radius 3 is 3.00 bits per heavy atom. The summed E-state index contributed by atoms with van der Waals surface area (Å²) in [5.74, 6) is -0.139. The third kappa shape index (κ3) is 2.11. The molecule has 0 aliphatic carbocycles. The monoisotopic (exact) mass is 281 g/mol. The second-order valence-corrected chi connectivity index (χ2v) is 3.88. The molecule has 0 spiro atoms. The lowest BCUT2D eigenvalue weighted by Crippen LogP contribution is -2.12. The number of aryl methyl sites for hydroxylation is 1. The van der Waals surface area contributed by atoms with Crippen LogP contribution in [0, 0.1) is 6.92 Å². The van der Waals surface area contributed by atoms with Crippen LogP contribution in [0.2, 0.25) is 0 Å². The summed E-state index contributed by atoms with van der Waals surface area (Å²) in [6.45, 7) is 1.75. The largest absolute Gasteiger partial charge is 0.351 e. The first-order valence-corrected chi connectivity index (χ1v) is 5.31. The van der Waals surface area contributed by atoms with Gasteiger partial charge in [-0.25, -0.2) is 4.98 Å². The molecule has 0 unspecified atom stereocenters. The summed E-state index contributed by atoms with van der Waals surface area (Å²) in [5.41, 5.74) is 1.28. The first-order valence-electron chi connectivity index (χ1n) is 4.51. The van der Waals surface area contributed by atoms with Crippen LogP contribution in [0.3, 0.4) is 0 Å². The highest BCUT2D eigenvalue weighted by atomic mass is 79.9. The van der Waals surface area contributed by atoms with E-state index in [1.165, 1.54) is 6.20 Å². The number of nitrogens with one attached hydrogen (secondary N) is 1. The summed E-state index contributed by atoms with van der Waals surface area (Å²) in [6.07, 6.45) is 3.12. The van der Waals surface area contributed by atoms with Crippen LogP contribution in [0.25, 0.3) is 0 Å². The maximum atomic E-state index is 11.8. The predicted molar refractivity (Wildman–Crippen MR) is 61.1 cm³/mol. The number of amides is 1. The van der Waals surface area contributed by atoms with Crippen LogP contribution in [-0.2, 0) is 0 Å². The Labute approximate surface area is 100.0 Å². The second-order valence-electron chi connectivity index (χ2n) is 3.13. The molecule has 1 amide bonds. The highest BCUT2D eigenvalue weighted by molar-refractivity contribution is 9.10. The molecule has 2 aromatic heterocycles. The number of halogens is 1. The van der Waals surface area contributed by atoms with Crippen molar-refractivity contribution in [2.24, 2.45) is 0 Å². The SMILES string of the molecule is Cc1cnoc1C(=O)Nc1cccnc1Br. The van der Waals surface area contributed by atoms with E-state index in [-0.39, 0.29) is 11.7 Å². The van der Waals surface area contributed by atoms with Crippen LogP contribution in [0.15, 0.2) is 33.7 Å². The molecule has 6 heteroatoms. The Morgan fingerprint density at radius 1 is 1.56 bits per heavy atom. The molecule has 1 N–H and O–H groups in total. The number of hydrogen-bond donors (Lipinski definition) is 1. The summed E-state index contributed by atoms with van der Waals surface area (Å²) in [5, 5.41) is 6.22. The van der Waals surface area contributed by atoms with E-state index in [9.17, 15) is 4.79 Å². The first-order chi connectivity index (χ1) is 7.68. The average Bonchev–Trinajstić information content (AvgIpc) is 2.68. The van der Waals surface area contributed by atoms with Crippen molar-refractivity contribution in [1.82, 2.24) is 10.1 Å². The summed E-state index contributed by atoms with van der Waals surface area (Å²) in [6, 6.07) is 3.47. The van der Waals surface area contributed by atoms with Crippen molar-refractivity contribution < 1.29 is 9.32 Å². The van der Waals surface area contributed by atoms with Gasteiger partial charge in [-0.15, -0.1) is 0 Å². The molecule has 16 heavy (non-hydrogen) atoms. The first kappa shape index (κ1) is 10.8. The third-order valence-corrected chi connectivity index (χ3v) is 2.59. The quantitative estimate of drug-likeness (QED) is 0.859. The van der Waals surface area contributed by atoms with Crippen LogP contribution in [0.1, 0.15) is 16.1 Å². The standard InChI is InChI=1S/C10H8BrN3O2/c1-6-5-13-16-8(6)10(15)14-7-3-2-4-12-9(7)11/h2-5H,1H3,(H,14,15). The zero-order valence-electron chi connectivity index (χ0n) is 8.40. The average molecular weight is 282 g/mol. The molecular weight excluding hydrogens is 274 g/mol. The number of anilines is 1. The van der Waals surface area contributed by atoms with Crippen LogP contribution >= 0.6 is 15.9 Å². The number of hydrogen-bond acceptors (Lipinski definition) is 4. The van der Waals surface area contributed by atoms with Gasteiger partial charge in [-0.05, 0) is 35.0 Å². The Hall–Kier alpha value is -1.69. The van der Waals surface area contributed by atoms with Crippen molar-refractivity contribution in [3.05, 3.63) is 40.5 Å². The molecule has 82 valence electrons. The number of nitrogens with zero attached hydrogens (tertiary/aromatic N) is 2. The molecule has 0 radical (unpaired) electrons. The lowest BCUT2D eigenvalue weighted by Gasteiger charge is -2.04. The molecule has 0 saturated carbocycles. The molecule has 0 bridgehead atoms. The van der Waals surface area contributed by atoms with Gasteiger partial charge in [0.05, 0.1) is 11.9 Å². The topological polar surface area (TPSA) is 68.0 Å². The van der Waals surface area contributed by atoms with E-state index < -0.39 is 0 Å². The van der Waals surface area contributed by atoms with E-state index in [1.807, 2.05) is 0 Å². The molecule has 2 aromatic rings. The van der Waals surface area contributed by atoms with E-state index in [0.29, 0.717) is 15.9 Å². The maximum absolute atomic E-state index is 11.8. The molecule has 0 saturated heterocycles. The number of rotatable bonds is 2. The van der Waals surface area contributed by atoms with Crippen LogP contribution in [0.4, 0.5) is 5.69 Å². The van der Waals surface area contributed by atoms with Crippen molar-refractivity contribution in [2.45, 2.75) is 6.92 Å². The lowest BCUT2D eigenvalue weighted by molar-refractivity contribution is 0.0987. The van der Waals surface area contributed by atoms with Gasteiger partial charge in [-0.2, -0.15) is 0 Å². The fourth-order valence-electron chi connectivity index (χ4n) is 1.17.